The second kappa shape index (κ2) is 8.91. The van der Waals surface area contributed by atoms with Gasteiger partial charge in [-0.2, -0.15) is 0 Å². The molecule has 1 fully saturated rings. The SMILES string of the molecule is O=C1N/C(=C/c2cc(Br)ccc2OCc2cccc(F)c2)C(=O)N1c1cccc(Cl)c1. The lowest BCUT2D eigenvalue weighted by Crippen LogP contribution is -2.30. The lowest BCUT2D eigenvalue weighted by atomic mass is 10.1. The van der Waals surface area contributed by atoms with Crippen molar-refractivity contribution in [3.8, 4) is 5.75 Å². The van der Waals surface area contributed by atoms with Crippen molar-refractivity contribution in [1.82, 2.24) is 5.32 Å². The van der Waals surface area contributed by atoms with Gasteiger partial charge >= 0.3 is 6.03 Å². The molecule has 4 rings (SSSR count). The highest BCUT2D eigenvalue weighted by molar-refractivity contribution is 9.10. The summed E-state index contributed by atoms with van der Waals surface area (Å²) >= 11 is 9.39. The molecule has 0 aromatic heterocycles. The van der Waals surface area contributed by atoms with Crippen LogP contribution >= 0.6 is 27.5 Å². The van der Waals surface area contributed by atoms with E-state index in [1.807, 2.05) is 0 Å². The van der Waals surface area contributed by atoms with Gasteiger partial charge < -0.3 is 10.1 Å². The topological polar surface area (TPSA) is 58.6 Å². The first-order chi connectivity index (χ1) is 14.9. The molecule has 1 aliphatic rings. The molecule has 0 spiro atoms. The van der Waals surface area contributed by atoms with E-state index in [0.717, 1.165) is 9.37 Å². The molecule has 1 aliphatic heterocycles. The molecule has 31 heavy (non-hydrogen) atoms. The zero-order chi connectivity index (χ0) is 22.0. The Balaban J connectivity index is 1.61. The van der Waals surface area contributed by atoms with E-state index in [2.05, 4.69) is 21.2 Å². The average molecular weight is 502 g/mol. The number of imide groups is 1. The van der Waals surface area contributed by atoms with E-state index in [9.17, 15) is 14.0 Å². The predicted molar refractivity (Wildman–Crippen MR) is 120 cm³/mol. The van der Waals surface area contributed by atoms with E-state index in [-0.39, 0.29) is 18.1 Å². The van der Waals surface area contributed by atoms with E-state index < -0.39 is 11.9 Å². The fourth-order valence-corrected chi connectivity index (χ4v) is 3.66. The van der Waals surface area contributed by atoms with Gasteiger partial charge in [-0.1, -0.05) is 45.7 Å². The van der Waals surface area contributed by atoms with Gasteiger partial charge in [0, 0.05) is 15.1 Å². The van der Waals surface area contributed by atoms with Crippen molar-refractivity contribution in [3.05, 3.63) is 98.9 Å². The first-order valence-corrected chi connectivity index (χ1v) is 10.4. The number of urea groups is 1. The Morgan fingerprint density at radius 3 is 2.65 bits per heavy atom. The number of rotatable bonds is 5. The fourth-order valence-electron chi connectivity index (χ4n) is 3.09. The second-order valence-electron chi connectivity index (χ2n) is 6.71. The summed E-state index contributed by atoms with van der Waals surface area (Å²) < 4.78 is 20.0. The molecule has 3 aromatic carbocycles. The number of hydrogen-bond donors (Lipinski definition) is 1. The quantitative estimate of drug-likeness (QED) is 0.349. The number of ether oxygens (including phenoxy) is 1. The van der Waals surface area contributed by atoms with Crippen molar-refractivity contribution in [2.24, 2.45) is 0 Å². The van der Waals surface area contributed by atoms with E-state index in [4.69, 9.17) is 16.3 Å². The summed E-state index contributed by atoms with van der Waals surface area (Å²) in [5, 5.41) is 3.00. The Morgan fingerprint density at radius 2 is 1.87 bits per heavy atom. The van der Waals surface area contributed by atoms with Crippen molar-refractivity contribution < 1.29 is 18.7 Å². The fraction of sp³-hybridized carbons (Fsp3) is 0.0435. The Morgan fingerprint density at radius 1 is 1.06 bits per heavy atom. The van der Waals surface area contributed by atoms with Gasteiger partial charge in [-0.25, -0.2) is 14.1 Å². The van der Waals surface area contributed by atoms with Crippen LogP contribution in [0, 0.1) is 5.82 Å². The number of carbonyl (C=O) groups excluding carboxylic acids is 2. The molecule has 3 aromatic rings. The van der Waals surface area contributed by atoms with Gasteiger partial charge in [0.15, 0.2) is 0 Å². The molecule has 156 valence electrons. The number of hydrogen-bond acceptors (Lipinski definition) is 3. The minimum atomic E-state index is -0.573. The summed E-state index contributed by atoms with van der Waals surface area (Å²) in [4.78, 5) is 26.3. The van der Waals surface area contributed by atoms with Gasteiger partial charge in [0.2, 0.25) is 0 Å². The van der Waals surface area contributed by atoms with Gasteiger partial charge in [0.05, 0.1) is 5.69 Å². The third-order valence-corrected chi connectivity index (χ3v) is 5.23. The lowest BCUT2D eigenvalue weighted by molar-refractivity contribution is -0.113. The van der Waals surface area contributed by atoms with Crippen LogP contribution in [0.15, 0.2) is 76.9 Å². The van der Waals surface area contributed by atoms with Gasteiger partial charge in [0.1, 0.15) is 23.9 Å². The number of nitrogens with one attached hydrogen (secondary N) is 1. The van der Waals surface area contributed by atoms with Crippen molar-refractivity contribution in [2.75, 3.05) is 4.90 Å². The zero-order valence-corrected chi connectivity index (χ0v) is 18.3. The molecule has 1 N–H and O–H groups in total. The number of halogens is 3. The first kappa shape index (κ1) is 21.1. The van der Waals surface area contributed by atoms with Crippen molar-refractivity contribution in [2.45, 2.75) is 6.61 Å². The lowest BCUT2D eigenvalue weighted by Gasteiger charge is -2.12. The molecule has 8 heteroatoms. The maximum Gasteiger partial charge on any atom is 0.333 e. The van der Waals surface area contributed by atoms with E-state index >= 15 is 0 Å². The molecule has 0 aliphatic carbocycles. The molecule has 0 unspecified atom stereocenters. The minimum Gasteiger partial charge on any atom is -0.488 e. The maximum absolute atomic E-state index is 13.4. The van der Waals surface area contributed by atoms with Gasteiger partial charge in [-0.05, 0) is 60.2 Å². The van der Waals surface area contributed by atoms with Crippen LogP contribution in [0.2, 0.25) is 5.02 Å². The van der Waals surface area contributed by atoms with E-state index in [1.165, 1.54) is 24.3 Å². The highest BCUT2D eigenvalue weighted by atomic mass is 79.9. The molecule has 1 saturated heterocycles. The normalized spacial score (nSPS) is 14.8. The Labute approximate surface area is 191 Å². The molecule has 0 radical (unpaired) electrons. The van der Waals surface area contributed by atoms with Crippen LogP contribution in [0.1, 0.15) is 11.1 Å². The Hall–Kier alpha value is -3.16. The molecule has 0 bridgehead atoms. The Kier molecular flexibility index (Phi) is 6.06. The molecule has 0 saturated carbocycles. The van der Waals surface area contributed by atoms with Gasteiger partial charge in [0.25, 0.3) is 5.91 Å². The predicted octanol–water partition coefficient (Wildman–Crippen LogP) is 5.92. The van der Waals surface area contributed by atoms with Crippen LogP contribution in [-0.4, -0.2) is 11.9 Å². The average Bonchev–Trinajstić information content (AvgIpc) is 3.00. The summed E-state index contributed by atoms with van der Waals surface area (Å²) in [7, 11) is 0. The van der Waals surface area contributed by atoms with E-state index in [1.54, 1.807) is 48.5 Å². The number of anilines is 1. The molecule has 5 nitrogen and oxygen atoms in total. The minimum absolute atomic E-state index is 0.0960. The molecule has 3 amide bonds. The second-order valence-corrected chi connectivity index (χ2v) is 8.06. The van der Waals surface area contributed by atoms with Gasteiger partial charge in [-0.15, -0.1) is 0 Å². The maximum atomic E-state index is 13.4. The van der Waals surface area contributed by atoms with Crippen LogP contribution in [0.25, 0.3) is 6.08 Å². The zero-order valence-electron chi connectivity index (χ0n) is 15.9. The monoisotopic (exact) mass is 500 g/mol. The number of nitrogens with zero attached hydrogens (tertiary/aromatic N) is 1. The van der Waals surface area contributed by atoms with E-state index in [0.29, 0.717) is 27.6 Å². The summed E-state index contributed by atoms with van der Waals surface area (Å²) in [6, 6.07) is 17.3. The highest BCUT2D eigenvalue weighted by Crippen LogP contribution is 2.29. The summed E-state index contributed by atoms with van der Waals surface area (Å²) in [6.07, 6.45) is 1.54. The standard InChI is InChI=1S/C23H15BrClFN2O3/c24-16-7-8-21(31-13-14-3-1-5-18(26)9-14)15(10-16)11-20-22(29)28(23(30)27-20)19-6-2-4-17(25)12-19/h1-12H,13H2,(H,27,30)/b20-11+. The van der Waals surface area contributed by atoms with Crippen LogP contribution < -0.4 is 15.0 Å². The first-order valence-electron chi connectivity index (χ1n) is 9.20. The third kappa shape index (κ3) is 4.78. The highest BCUT2D eigenvalue weighted by Gasteiger charge is 2.35. The molecule has 1 heterocycles. The van der Waals surface area contributed by atoms with Crippen LogP contribution in [-0.2, 0) is 11.4 Å². The molecule has 0 atom stereocenters. The summed E-state index contributed by atoms with van der Waals surface area (Å²) in [5.74, 6) is -0.383. The largest absolute Gasteiger partial charge is 0.488 e. The number of benzene rings is 3. The third-order valence-electron chi connectivity index (χ3n) is 4.50. The van der Waals surface area contributed by atoms with Crippen LogP contribution in [0.5, 0.6) is 5.75 Å². The number of amides is 3. The number of carbonyl (C=O) groups is 2. The van der Waals surface area contributed by atoms with Crippen LogP contribution in [0.3, 0.4) is 0 Å². The summed E-state index contributed by atoms with van der Waals surface area (Å²) in [5.41, 5.74) is 1.70. The van der Waals surface area contributed by atoms with Crippen molar-refractivity contribution in [3.63, 3.8) is 0 Å². The summed E-state index contributed by atoms with van der Waals surface area (Å²) in [6.45, 7) is 0.143. The van der Waals surface area contributed by atoms with Gasteiger partial charge in [-0.3, -0.25) is 4.79 Å². The smallest absolute Gasteiger partial charge is 0.333 e. The molecular weight excluding hydrogens is 487 g/mol. The Bertz CT molecular complexity index is 1210. The molecular formula is C23H15BrClFN2O3. The van der Waals surface area contributed by atoms with Crippen molar-refractivity contribution in [1.29, 1.82) is 0 Å². The van der Waals surface area contributed by atoms with Crippen LogP contribution in [0.4, 0.5) is 14.9 Å². The van der Waals surface area contributed by atoms with Crippen molar-refractivity contribution >= 4 is 51.2 Å².